The number of benzene rings is 2. The number of carboxylic acids is 1. The largest absolute Gasteiger partial charge is 0.546 e. The van der Waals surface area contributed by atoms with Crippen molar-refractivity contribution in [2.75, 3.05) is 19.0 Å². The molecule has 0 aromatic heterocycles. The van der Waals surface area contributed by atoms with Crippen LogP contribution in [0, 0.1) is 0 Å². The van der Waals surface area contributed by atoms with E-state index in [1.807, 2.05) is 0 Å². The Kier molecular flexibility index (Phi) is 6.89. The number of methoxy groups -OCH3 is 1. The molecule has 2 amide bonds. The van der Waals surface area contributed by atoms with E-state index in [9.17, 15) is 19.5 Å². The lowest BCUT2D eigenvalue weighted by Gasteiger charge is -2.09. The average Bonchev–Trinajstić information content (AvgIpc) is 2.67. The Morgan fingerprint density at radius 3 is 2.44 bits per heavy atom. The summed E-state index contributed by atoms with van der Waals surface area (Å²) in [4.78, 5) is 34.1. The molecule has 2 aromatic carbocycles. The summed E-state index contributed by atoms with van der Waals surface area (Å²) in [5.41, 5.74) is 2.90. The van der Waals surface area contributed by atoms with Gasteiger partial charge in [-0.2, -0.15) is 5.10 Å². The Balaban J connectivity index is 1.92. The SMILES string of the molecule is COc1ccc(NC(=O)C(=O)N/N=C\c2ccccc2OCC(=O)[O-])cc1. The van der Waals surface area contributed by atoms with Crippen LogP contribution in [0.5, 0.6) is 11.5 Å². The number of nitrogens with one attached hydrogen (secondary N) is 2. The van der Waals surface area contributed by atoms with Crippen LogP contribution in [0.25, 0.3) is 0 Å². The van der Waals surface area contributed by atoms with Gasteiger partial charge in [0, 0.05) is 11.3 Å². The molecule has 0 aliphatic rings. The molecule has 0 heterocycles. The first kappa shape index (κ1) is 19.4. The maximum atomic E-state index is 11.8. The zero-order valence-corrected chi connectivity index (χ0v) is 14.3. The first-order valence-electron chi connectivity index (χ1n) is 7.69. The average molecular weight is 370 g/mol. The second-order valence-electron chi connectivity index (χ2n) is 5.08. The fraction of sp³-hybridized carbons (Fsp3) is 0.111. The molecule has 0 aliphatic heterocycles. The maximum absolute atomic E-state index is 11.8. The van der Waals surface area contributed by atoms with Gasteiger partial charge in [-0.1, -0.05) is 12.1 Å². The van der Waals surface area contributed by atoms with Crippen LogP contribution in [0.1, 0.15) is 5.56 Å². The van der Waals surface area contributed by atoms with Gasteiger partial charge >= 0.3 is 11.8 Å². The van der Waals surface area contributed by atoms with Crippen LogP contribution < -0.4 is 25.3 Å². The molecule has 2 aromatic rings. The molecule has 0 atom stereocenters. The van der Waals surface area contributed by atoms with Gasteiger partial charge < -0.3 is 24.7 Å². The maximum Gasteiger partial charge on any atom is 0.329 e. The topological polar surface area (TPSA) is 129 Å². The number of amides is 2. The van der Waals surface area contributed by atoms with E-state index in [2.05, 4.69) is 15.8 Å². The van der Waals surface area contributed by atoms with Crippen LogP contribution in [0.2, 0.25) is 0 Å². The third-order valence-electron chi connectivity index (χ3n) is 3.19. The highest BCUT2D eigenvalue weighted by atomic mass is 16.5. The van der Waals surface area contributed by atoms with Crippen molar-refractivity contribution in [1.29, 1.82) is 0 Å². The molecule has 0 bridgehead atoms. The number of hydrogen-bond donors (Lipinski definition) is 2. The standard InChI is InChI=1S/C18H17N3O6/c1-26-14-8-6-13(7-9-14)20-17(24)18(25)21-19-10-12-4-2-3-5-15(12)27-11-16(22)23/h2-10H,11H2,1H3,(H,20,24)(H,21,25)(H,22,23)/p-1/b19-10-. The summed E-state index contributed by atoms with van der Waals surface area (Å²) in [6, 6.07) is 12.9. The van der Waals surface area contributed by atoms with Crippen molar-refractivity contribution in [3.05, 3.63) is 54.1 Å². The predicted octanol–water partition coefficient (Wildman–Crippen LogP) is -0.0873. The summed E-state index contributed by atoms with van der Waals surface area (Å²) in [7, 11) is 1.51. The Morgan fingerprint density at radius 2 is 1.78 bits per heavy atom. The van der Waals surface area contributed by atoms with Crippen molar-refractivity contribution in [2.24, 2.45) is 5.10 Å². The molecular formula is C18H16N3O6-. The predicted molar refractivity (Wildman–Crippen MR) is 94.3 cm³/mol. The number of hydrazone groups is 1. The van der Waals surface area contributed by atoms with Crippen molar-refractivity contribution >= 4 is 29.7 Å². The summed E-state index contributed by atoms with van der Waals surface area (Å²) < 4.78 is 10.0. The molecule has 9 heteroatoms. The number of nitrogens with zero attached hydrogens (tertiary/aromatic N) is 1. The van der Waals surface area contributed by atoms with Crippen LogP contribution in [-0.2, 0) is 14.4 Å². The quantitative estimate of drug-likeness (QED) is 0.398. The van der Waals surface area contributed by atoms with Crippen molar-refractivity contribution in [1.82, 2.24) is 5.43 Å². The highest BCUT2D eigenvalue weighted by Gasteiger charge is 2.13. The van der Waals surface area contributed by atoms with Crippen molar-refractivity contribution in [2.45, 2.75) is 0 Å². The lowest BCUT2D eigenvalue weighted by molar-refractivity contribution is -0.307. The number of rotatable bonds is 7. The molecule has 0 unspecified atom stereocenters. The van der Waals surface area contributed by atoms with E-state index < -0.39 is 24.4 Å². The lowest BCUT2D eigenvalue weighted by Crippen LogP contribution is -2.32. The molecule has 0 fully saturated rings. The minimum absolute atomic E-state index is 0.238. The van der Waals surface area contributed by atoms with E-state index >= 15 is 0 Å². The van der Waals surface area contributed by atoms with E-state index in [0.717, 1.165) is 0 Å². The lowest BCUT2D eigenvalue weighted by atomic mass is 10.2. The number of hydrogen-bond acceptors (Lipinski definition) is 7. The van der Waals surface area contributed by atoms with E-state index in [4.69, 9.17) is 9.47 Å². The van der Waals surface area contributed by atoms with Crippen LogP contribution in [0.15, 0.2) is 53.6 Å². The fourth-order valence-electron chi connectivity index (χ4n) is 1.93. The molecule has 0 saturated heterocycles. The van der Waals surface area contributed by atoms with Crippen molar-refractivity contribution in [3.63, 3.8) is 0 Å². The smallest absolute Gasteiger partial charge is 0.329 e. The number of aliphatic carboxylic acids is 1. The third kappa shape index (κ3) is 6.16. The Bertz CT molecular complexity index is 848. The van der Waals surface area contributed by atoms with Gasteiger partial charge in [0.25, 0.3) is 0 Å². The highest BCUT2D eigenvalue weighted by molar-refractivity contribution is 6.39. The Labute approximate surface area is 154 Å². The second kappa shape index (κ2) is 9.56. The first-order valence-corrected chi connectivity index (χ1v) is 7.69. The van der Waals surface area contributed by atoms with Gasteiger partial charge in [0.15, 0.2) is 0 Å². The molecule has 0 radical (unpaired) electrons. The van der Waals surface area contributed by atoms with Crippen molar-refractivity contribution < 1.29 is 29.0 Å². The van der Waals surface area contributed by atoms with Gasteiger partial charge in [-0.25, -0.2) is 5.43 Å². The number of carbonyl (C=O) groups excluding carboxylic acids is 3. The third-order valence-corrected chi connectivity index (χ3v) is 3.19. The summed E-state index contributed by atoms with van der Waals surface area (Å²) in [5.74, 6) is -2.40. The number of para-hydroxylation sites is 1. The monoisotopic (exact) mass is 370 g/mol. The van der Waals surface area contributed by atoms with Gasteiger partial charge in [0.1, 0.15) is 18.1 Å². The van der Waals surface area contributed by atoms with Gasteiger partial charge in [0.05, 0.1) is 19.3 Å². The van der Waals surface area contributed by atoms with Gasteiger partial charge in [-0.05, 0) is 36.4 Å². The normalized spacial score (nSPS) is 10.3. The summed E-state index contributed by atoms with van der Waals surface area (Å²) >= 11 is 0. The molecule has 0 saturated carbocycles. The highest BCUT2D eigenvalue weighted by Crippen LogP contribution is 2.16. The minimum Gasteiger partial charge on any atom is -0.546 e. The molecular weight excluding hydrogens is 354 g/mol. The van der Waals surface area contributed by atoms with Gasteiger partial charge in [-0.3, -0.25) is 9.59 Å². The molecule has 0 aliphatic carbocycles. The van der Waals surface area contributed by atoms with Crippen LogP contribution in [-0.4, -0.2) is 37.7 Å². The Hall–Kier alpha value is -3.88. The fourth-order valence-corrected chi connectivity index (χ4v) is 1.93. The number of carboxylic acid groups (broad SMARTS) is 1. The molecule has 2 rings (SSSR count). The van der Waals surface area contributed by atoms with Crippen LogP contribution in [0.3, 0.4) is 0 Å². The molecule has 27 heavy (non-hydrogen) atoms. The van der Waals surface area contributed by atoms with E-state index in [0.29, 0.717) is 17.0 Å². The van der Waals surface area contributed by atoms with Crippen LogP contribution in [0.4, 0.5) is 5.69 Å². The molecule has 0 spiro atoms. The number of ether oxygens (including phenoxy) is 2. The van der Waals surface area contributed by atoms with Crippen LogP contribution >= 0.6 is 0 Å². The zero-order chi connectivity index (χ0) is 19.6. The Morgan fingerprint density at radius 1 is 1.07 bits per heavy atom. The van der Waals surface area contributed by atoms with E-state index in [1.165, 1.54) is 19.4 Å². The second-order valence-corrected chi connectivity index (χ2v) is 5.08. The zero-order valence-electron chi connectivity index (χ0n) is 14.3. The summed E-state index contributed by atoms with van der Waals surface area (Å²) in [6.45, 7) is -0.624. The first-order chi connectivity index (χ1) is 13.0. The number of carbonyl (C=O) groups is 3. The minimum atomic E-state index is -1.37. The number of anilines is 1. The van der Waals surface area contributed by atoms with Gasteiger partial charge in [-0.15, -0.1) is 0 Å². The van der Waals surface area contributed by atoms with Gasteiger partial charge in [0.2, 0.25) is 0 Å². The molecule has 9 nitrogen and oxygen atoms in total. The van der Waals surface area contributed by atoms with E-state index in [-0.39, 0.29) is 5.75 Å². The molecule has 140 valence electrons. The molecule has 2 N–H and O–H groups in total. The van der Waals surface area contributed by atoms with Crippen molar-refractivity contribution in [3.8, 4) is 11.5 Å². The summed E-state index contributed by atoms with van der Waals surface area (Å²) in [6.07, 6.45) is 1.23. The van der Waals surface area contributed by atoms with E-state index in [1.54, 1.807) is 42.5 Å². The summed E-state index contributed by atoms with van der Waals surface area (Å²) in [5, 5.41) is 16.5.